The number of rotatable bonds is 4. The number of imidazole rings is 1. The Morgan fingerprint density at radius 2 is 2.00 bits per heavy atom. The Labute approximate surface area is 109 Å². The minimum atomic E-state index is -1.15. The number of benzene rings is 1. The van der Waals surface area contributed by atoms with Gasteiger partial charge in [-0.05, 0) is 24.6 Å². The standard InChI is InChI=1S/C13H13N3O3/c1-8(13(18)19)12(17)16-10-4-2-9(3-5-10)11-6-14-7-15-11/h2-8H,1H3,(H,14,15)(H,16,17)(H,18,19). The quantitative estimate of drug-likeness (QED) is 0.729. The Bertz CT molecular complexity index is 576. The maximum absolute atomic E-state index is 11.6. The van der Waals surface area contributed by atoms with E-state index in [2.05, 4.69) is 15.3 Å². The number of aromatic amines is 1. The lowest BCUT2D eigenvalue weighted by atomic mass is 10.1. The second-order valence-corrected chi connectivity index (χ2v) is 4.09. The molecule has 0 aliphatic heterocycles. The second kappa shape index (κ2) is 5.34. The van der Waals surface area contributed by atoms with Crippen LogP contribution < -0.4 is 5.32 Å². The molecule has 1 heterocycles. The van der Waals surface area contributed by atoms with E-state index in [0.29, 0.717) is 5.69 Å². The summed E-state index contributed by atoms with van der Waals surface area (Å²) < 4.78 is 0. The molecule has 19 heavy (non-hydrogen) atoms. The molecular weight excluding hydrogens is 246 g/mol. The van der Waals surface area contributed by atoms with Crippen LogP contribution in [0.2, 0.25) is 0 Å². The first kappa shape index (κ1) is 12.8. The molecule has 3 N–H and O–H groups in total. The Morgan fingerprint density at radius 1 is 1.32 bits per heavy atom. The van der Waals surface area contributed by atoms with Gasteiger partial charge in [0.1, 0.15) is 5.92 Å². The van der Waals surface area contributed by atoms with E-state index in [1.54, 1.807) is 24.7 Å². The van der Waals surface area contributed by atoms with Crippen molar-refractivity contribution in [2.45, 2.75) is 6.92 Å². The Hall–Kier alpha value is -2.63. The molecule has 1 aromatic carbocycles. The number of hydrogen-bond donors (Lipinski definition) is 3. The first-order valence-electron chi connectivity index (χ1n) is 5.70. The van der Waals surface area contributed by atoms with Gasteiger partial charge in [0.25, 0.3) is 0 Å². The van der Waals surface area contributed by atoms with Gasteiger partial charge in [0.05, 0.1) is 18.2 Å². The fraction of sp³-hybridized carbons (Fsp3) is 0.154. The highest BCUT2D eigenvalue weighted by Crippen LogP contribution is 2.19. The van der Waals surface area contributed by atoms with E-state index in [1.807, 2.05) is 12.1 Å². The van der Waals surface area contributed by atoms with Crippen molar-refractivity contribution in [1.82, 2.24) is 9.97 Å². The van der Waals surface area contributed by atoms with E-state index in [0.717, 1.165) is 11.3 Å². The third-order valence-electron chi connectivity index (χ3n) is 2.73. The van der Waals surface area contributed by atoms with Crippen molar-refractivity contribution in [1.29, 1.82) is 0 Å². The average molecular weight is 259 g/mol. The lowest BCUT2D eigenvalue weighted by Gasteiger charge is -2.08. The Morgan fingerprint density at radius 3 is 2.53 bits per heavy atom. The smallest absolute Gasteiger partial charge is 0.315 e. The molecule has 6 heteroatoms. The number of carbonyl (C=O) groups excluding carboxylic acids is 1. The molecule has 0 spiro atoms. The fourth-order valence-electron chi connectivity index (χ4n) is 1.51. The van der Waals surface area contributed by atoms with E-state index in [1.165, 1.54) is 6.92 Å². The number of hydrogen-bond acceptors (Lipinski definition) is 3. The summed E-state index contributed by atoms with van der Waals surface area (Å²) in [6.07, 6.45) is 3.28. The maximum atomic E-state index is 11.6. The van der Waals surface area contributed by atoms with Crippen molar-refractivity contribution in [3.8, 4) is 11.3 Å². The van der Waals surface area contributed by atoms with Crippen molar-refractivity contribution in [3.63, 3.8) is 0 Å². The van der Waals surface area contributed by atoms with Gasteiger partial charge >= 0.3 is 5.97 Å². The molecule has 0 radical (unpaired) electrons. The SMILES string of the molecule is CC(C(=O)O)C(=O)Nc1ccc(-c2cnc[nH]2)cc1. The highest BCUT2D eigenvalue weighted by atomic mass is 16.4. The first-order valence-corrected chi connectivity index (χ1v) is 5.70. The monoisotopic (exact) mass is 259 g/mol. The molecule has 2 aromatic rings. The Balaban J connectivity index is 2.07. The number of carboxylic acid groups (broad SMARTS) is 1. The van der Waals surface area contributed by atoms with Crippen molar-refractivity contribution in [2.75, 3.05) is 5.32 Å². The first-order chi connectivity index (χ1) is 9.08. The second-order valence-electron chi connectivity index (χ2n) is 4.09. The van der Waals surface area contributed by atoms with Gasteiger partial charge in [-0.3, -0.25) is 9.59 Å². The van der Waals surface area contributed by atoms with Crippen LogP contribution in [0.4, 0.5) is 5.69 Å². The summed E-state index contributed by atoms with van der Waals surface area (Å²) in [5.74, 6) is -2.76. The summed E-state index contributed by atoms with van der Waals surface area (Å²) in [4.78, 5) is 29.1. The number of aliphatic carboxylic acids is 1. The number of carbonyl (C=O) groups is 2. The van der Waals surface area contributed by atoms with Crippen molar-refractivity contribution >= 4 is 17.6 Å². The van der Waals surface area contributed by atoms with Crippen LogP contribution >= 0.6 is 0 Å². The number of anilines is 1. The van der Waals surface area contributed by atoms with E-state index in [4.69, 9.17) is 5.11 Å². The van der Waals surface area contributed by atoms with Crippen molar-refractivity contribution < 1.29 is 14.7 Å². The molecule has 0 saturated heterocycles. The predicted octanol–water partition coefficient (Wildman–Crippen LogP) is 1.74. The topological polar surface area (TPSA) is 95.1 Å². The largest absolute Gasteiger partial charge is 0.481 e. The average Bonchev–Trinajstić information content (AvgIpc) is 2.92. The molecule has 0 bridgehead atoms. The number of nitrogens with zero attached hydrogens (tertiary/aromatic N) is 1. The zero-order valence-corrected chi connectivity index (χ0v) is 10.3. The molecule has 1 aromatic heterocycles. The van der Waals surface area contributed by atoms with Gasteiger partial charge in [-0.25, -0.2) is 4.98 Å². The van der Waals surface area contributed by atoms with Gasteiger partial charge in [-0.15, -0.1) is 0 Å². The molecule has 0 fully saturated rings. The van der Waals surface area contributed by atoms with Crippen LogP contribution in [0.5, 0.6) is 0 Å². The summed E-state index contributed by atoms with van der Waals surface area (Å²) in [5, 5.41) is 11.3. The van der Waals surface area contributed by atoms with Gasteiger partial charge in [0, 0.05) is 5.69 Å². The van der Waals surface area contributed by atoms with E-state index < -0.39 is 17.8 Å². The van der Waals surface area contributed by atoms with E-state index in [-0.39, 0.29) is 0 Å². The fourth-order valence-corrected chi connectivity index (χ4v) is 1.51. The summed E-state index contributed by atoms with van der Waals surface area (Å²) in [5.41, 5.74) is 2.36. The van der Waals surface area contributed by atoms with Crippen molar-refractivity contribution in [3.05, 3.63) is 36.8 Å². The molecule has 0 saturated carbocycles. The van der Waals surface area contributed by atoms with E-state index >= 15 is 0 Å². The lowest BCUT2D eigenvalue weighted by Crippen LogP contribution is -2.26. The molecular formula is C13H13N3O3. The van der Waals surface area contributed by atoms with Crippen LogP contribution in [0, 0.1) is 5.92 Å². The van der Waals surface area contributed by atoms with Crippen LogP contribution in [0.1, 0.15) is 6.92 Å². The minimum Gasteiger partial charge on any atom is -0.481 e. The van der Waals surface area contributed by atoms with Gasteiger partial charge in [0.2, 0.25) is 5.91 Å². The molecule has 98 valence electrons. The van der Waals surface area contributed by atoms with Crippen molar-refractivity contribution in [2.24, 2.45) is 5.92 Å². The molecule has 0 aliphatic rings. The third-order valence-corrected chi connectivity index (χ3v) is 2.73. The number of H-pyrrole nitrogens is 1. The molecule has 2 rings (SSSR count). The summed E-state index contributed by atoms with van der Waals surface area (Å²) in [6.45, 7) is 1.34. The summed E-state index contributed by atoms with van der Waals surface area (Å²) in [6, 6.07) is 7.05. The molecule has 1 unspecified atom stereocenters. The van der Waals surface area contributed by atoms with Crippen LogP contribution in [0.25, 0.3) is 11.3 Å². The predicted molar refractivity (Wildman–Crippen MR) is 69.5 cm³/mol. The van der Waals surface area contributed by atoms with Crippen LogP contribution in [0.3, 0.4) is 0 Å². The maximum Gasteiger partial charge on any atom is 0.315 e. The number of nitrogens with one attached hydrogen (secondary N) is 2. The van der Waals surface area contributed by atoms with E-state index in [9.17, 15) is 9.59 Å². The molecule has 1 amide bonds. The van der Waals surface area contributed by atoms with Gasteiger partial charge in [0.15, 0.2) is 0 Å². The summed E-state index contributed by atoms with van der Waals surface area (Å²) >= 11 is 0. The normalized spacial score (nSPS) is 11.8. The minimum absolute atomic E-state index is 0.540. The van der Waals surface area contributed by atoms with Gasteiger partial charge < -0.3 is 15.4 Å². The van der Waals surface area contributed by atoms with Crippen LogP contribution in [-0.4, -0.2) is 27.0 Å². The molecule has 0 aliphatic carbocycles. The Kier molecular flexibility index (Phi) is 3.61. The van der Waals surface area contributed by atoms with Gasteiger partial charge in [-0.2, -0.15) is 0 Å². The molecule has 1 atom stereocenters. The summed E-state index contributed by atoms with van der Waals surface area (Å²) in [7, 11) is 0. The number of carboxylic acids is 1. The third kappa shape index (κ3) is 2.98. The zero-order valence-electron chi connectivity index (χ0n) is 10.3. The van der Waals surface area contributed by atoms with Crippen LogP contribution in [-0.2, 0) is 9.59 Å². The highest BCUT2D eigenvalue weighted by Gasteiger charge is 2.20. The van der Waals surface area contributed by atoms with Crippen LogP contribution in [0.15, 0.2) is 36.8 Å². The molecule has 6 nitrogen and oxygen atoms in total. The lowest BCUT2D eigenvalue weighted by molar-refractivity contribution is -0.144. The highest BCUT2D eigenvalue weighted by molar-refractivity contribution is 6.03. The zero-order chi connectivity index (χ0) is 13.8. The van der Waals surface area contributed by atoms with Gasteiger partial charge in [-0.1, -0.05) is 12.1 Å². The number of aromatic nitrogens is 2. The number of amides is 1.